The van der Waals surface area contributed by atoms with Gasteiger partial charge in [-0.1, -0.05) is 6.08 Å². The highest BCUT2D eigenvalue weighted by molar-refractivity contribution is 5.67. The second kappa shape index (κ2) is 9.81. The first-order valence-electron chi connectivity index (χ1n) is 6.74. The number of hydrogen-bond donors (Lipinski definition) is 2. The van der Waals surface area contributed by atoms with Gasteiger partial charge in [0.25, 0.3) is 0 Å². The van der Waals surface area contributed by atoms with E-state index in [0.29, 0.717) is 19.8 Å². The van der Waals surface area contributed by atoms with E-state index in [1.165, 1.54) is 0 Å². The van der Waals surface area contributed by atoms with Crippen molar-refractivity contribution in [2.75, 3.05) is 26.3 Å². The van der Waals surface area contributed by atoms with Crippen molar-refractivity contribution in [1.82, 2.24) is 10.6 Å². The van der Waals surface area contributed by atoms with Crippen molar-refractivity contribution in [3.63, 3.8) is 0 Å². The molecule has 5 nitrogen and oxygen atoms in total. The average Bonchev–Trinajstić information content (AvgIpc) is 2.29. The molecule has 19 heavy (non-hydrogen) atoms. The van der Waals surface area contributed by atoms with Gasteiger partial charge in [0.05, 0.1) is 13.2 Å². The van der Waals surface area contributed by atoms with E-state index in [9.17, 15) is 4.79 Å². The molecule has 0 fully saturated rings. The first-order valence-corrected chi connectivity index (χ1v) is 6.74. The molecular weight excluding hydrogens is 244 g/mol. The second-order valence-electron chi connectivity index (χ2n) is 5.43. The van der Waals surface area contributed by atoms with Crippen molar-refractivity contribution >= 4 is 6.09 Å². The highest BCUT2D eigenvalue weighted by Crippen LogP contribution is 2.06. The first-order chi connectivity index (χ1) is 8.85. The van der Waals surface area contributed by atoms with E-state index in [2.05, 4.69) is 17.2 Å². The highest BCUT2D eigenvalue weighted by Gasteiger charge is 2.16. The molecule has 0 aromatic carbocycles. The van der Waals surface area contributed by atoms with Crippen LogP contribution in [0.4, 0.5) is 4.79 Å². The molecule has 1 atom stereocenters. The van der Waals surface area contributed by atoms with E-state index in [1.54, 1.807) is 0 Å². The van der Waals surface area contributed by atoms with Gasteiger partial charge >= 0.3 is 6.09 Å². The van der Waals surface area contributed by atoms with Crippen molar-refractivity contribution in [3.8, 4) is 0 Å². The molecule has 0 aliphatic rings. The monoisotopic (exact) mass is 272 g/mol. The maximum absolute atomic E-state index is 11.4. The summed E-state index contributed by atoms with van der Waals surface area (Å²) in [4.78, 5) is 11.4. The average molecular weight is 272 g/mol. The van der Waals surface area contributed by atoms with Crippen LogP contribution in [0.3, 0.4) is 0 Å². The van der Waals surface area contributed by atoms with Gasteiger partial charge in [0.2, 0.25) is 0 Å². The van der Waals surface area contributed by atoms with Gasteiger partial charge in [-0.15, -0.1) is 6.58 Å². The fraction of sp³-hybridized carbons (Fsp3) is 0.786. The normalized spacial score (nSPS) is 12.8. The quantitative estimate of drug-likeness (QED) is 0.498. The summed E-state index contributed by atoms with van der Waals surface area (Å²) in [6.45, 7) is 13.8. The van der Waals surface area contributed by atoms with Crippen LogP contribution in [0.15, 0.2) is 12.7 Å². The van der Waals surface area contributed by atoms with E-state index in [0.717, 1.165) is 13.0 Å². The zero-order chi connectivity index (χ0) is 14.7. The highest BCUT2D eigenvalue weighted by atomic mass is 16.6. The van der Waals surface area contributed by atoms with Gasteiger partial charge in [0.15, 0.2) is 0 Å². The Morgan fingerprint density at radius 1 is 1.37 bits per heavy atom. The summed E-state index contributed by atoms with van der Waals surface area (Å²) in [5.41, 5.74) is -0.459. The lowest BCUT2D eigenvalue weighted by Gasteiger charge is -2.21. The van der Waals surface area contributed by atoms with Crippen LogP contribution in [0.1, 0.15) is 34.1 Å². The molecule has 0 saturated carbocycles. The third-order valence-corrected chi connectivity index (χ3v) is 2.16. The van der Waals surface area contributed by atoms with Gasteiger partial charge in [-0.25, -0.2) is 4.79 Å². The molecule has 0 aromatic heterocycles. The fourth-order valence-electron chi connectivity index (χ4n) is 1.27. The minimum absolute atomic E-state index is 0.176. The summed E-state index contributed by atoms with van der Waals surface area (Å²) in [5.74, 6) is 0. The molecule has 1 amide bonds. The van der Waals surface area contributed by atoms with Crippen molar-refractivity contribution in [2.45, 2.75) is 45.8 Å². The smallest absolute Gasteiger partial charge is 0.407 e. The molecule has 0 aliphatic carbocycles. The third-order valence-electron chi connectivity index (χ3n) is 2.16. The van der Waals surface area contributed by atoms with Crippen molar-refractivity contribution in [1.29, 1.82) is 0 Å². The van der Waals surface area contributed by atoms with Crippen LogP contribution < -0.4 is 10.6 Å². The predicted molar refractivity (Wildman–Crippen MR) is 77.3 cm³/mol. The standard InChI is InChI=1S/C14H28N2O3/c1-6-7-9-18-10-8-15-12(2)11-16-13(17)19-14(3,4)5/h6,12,15H,1,7-11H2,2-5H3,(H,16,17). The van der Waals surface area contributed by atoms with E-state index < -0.39 is 5.60 Å². The molecule has 5 heteroatoms. The van der Waals surface area contributed by atoms with Crippen molar-refractivity contribution < 1.29 is 14.3 Å². The predicted octanol–water partition coefficient (Wildman–Crippen LogP) is 2.08. The maximum atomic E-state index is 11.4. The van der Waals surface area contributed by atoms with Gasteiger partial charge in [0.1, 0.15) is 5.60 Å². The third kappa shape index (κ3) is 13.2. The minimum Gasteiger partial charge on any atom is -0.444 e. The Morgan fingerprint density at radius 3 is 2.63 bits per heavy atom. The topological polar surface area (TPSA) is 59.6 Å². The van der Waals surface area contributed by atoms with Crippen LogP contribution in [0.25, 0.3) is 0 Å². The van der Waals surface area contributed by atoms with E-state index >= 15 is 0 Å². The minimum atomic E-state index is -0.459. The lowest BCUT2D eigenvalue weighted by Crippen LogP contribution is -2.42. The van der Waals surface area contributed by atoms with E-state index in [4.69, 9.17) is 9.47 Å². The Kier molecular flexibility index (Phi) is 9.26. The number of carbonyl (C=O) groups is 1. The molecule has 0 heterocycles. The molecule has 0 saturated heterocycles. The number of alkyl carbamates (subject to hydrolysis) is 1. The van der Waals surface area contributed by atoms with Gasteiger partial charge in [-0.2, -0.15) is 0 Å². The van der Waals surface area contributed by atoms with Crippen molar-refractivity contribution in [3.05, 3.63) is 12.7 Å². The molecule has 2 N–H and O–H groups in total. The van der Waals surface area contributed by atoms with Gasteiger partial charge in [-0.05, 0) is 34.1 Å². The van der Waals surface area contributed by atoms with Gasteiger partial charge < -0.3 is 20.1 Å². The first kappa shape index (κ1) is 17.9. The molecule has 0 aromatic rings. The van der Waals surface area contributed by atoms with Gasteiger partial charge in [0, 0.05) is 19.1 Å². The number of nitrogens with one attached hydrogen (secondary N) is 2. The Balaban J connectivity index is 3.51. The lowest BCUT2D eigenvalue weighted by atomic mass is 10.2. The number of hydrogen-bond acceptors (Lipinski definition) is 4. The summed E-state index contributed by atoms with van der Waals surface area (Å²) in [7, 11) is 0. The van der Waals surface area contributed by atoms with Crippen LogP contribution in [-0.4, -0.2) is 44.0 Å². The summed E-state index contributed by atoms with van der Waals surface area (Å²) in [5, 5.41) is 5.98. The molecule has 1 unspecified atom stereocenters. The summed E-state index contributed by atoms with van der Waals surface area (Å²) >= 11 is 0. The summed E-state index contributed by atoms with van der Waals surface area (Å²) in [6.07, 6.45) is 2.32. The van der Waals surface area contributed by atoms with Crippen molar-refractivity contribution in [2.24, 2.45) is 0 Å². The molecule has 0 spiro atoms. The van der Waals surface area contributed by atoms with E-state index in [1.807, 2.05) is 33.8 Å². The Labute approximate surface area is 116 Å². The Hall–Kier alpha value is -1.07. The number of rotatable bonds is 9. The van der Waals surface area contributed by atoms with Crippen LogP contribution in [0.5, 0.6) is 0 Å². The summed E-state index contributed by atoms with van der Waals surface area (Å²) in [6, 6.07) is 0.176. The Bertz CT molecular complexity index is 262. The zero-order valence-corrected chi connectivity index (χ0v) is 12.6. The lowest BCUT2D eigenvalue weighted by molar-refractivity contribution is 0.0522. The molecular formula is C14H28N2O3. The second-order valence-corrected chi connectivity index (χ2v) is 5.43. The molecule has 0 radical (unpaired) electrons. The number of amides is 1. The molecule has 112 valence electrons. The number of ether oxygens (including phenoxy) is 2. The SMILES string of the molecule is C=CCCOCCNC(C)CNC(=O)OC(C)(C)C. The van der Waals surface area contributed by atoms with Crippen LogP contribution in [-0.2, 0) is 9.47 Å². The van der Waals surface area contributed by atoms with E-state index in [-0.39, 0.29) is 12.1 Å². The molecule has 0 rings (SSSR count). The zero-order valence-electron chi connectivity index (χ0n) is 12.6. The van der Waals surface area contributed by atoms with Gasteiger partial charge in [-0.3, -0.25) is 0 Å². The fourth-order valence-corrected chi connectivity index (χ4v) is 1.27. The molecule has 0 aliphatic heterocycles. The Morgan fingerprint density at radius 2 is 2.05 bits per heavy atom. The molecule has 0 bridgehead atoms. The summed E-state index contributed by atoms with van der Waals surface area (Å²) < 4.78 is 10.5. The largest absolute Gasteiger partial charge is 0.444 e. The maximum Gasteiger partial charge on any atom is 0.407 e. The van der Waals surface area contributed by atoms with Crippen LogP contribution >= 0.6 is 0 Å². The van der Waals surface area contributed by atoms with Crippen LogP contribution in [0.2, 0.25) is 0 Å². The number of carbonyl (C=O) groups excluding carboxylic acids is 1. The van der Waals surface area contributed by atoms with Crippen LogP contribution in [0, 0.1) is 0 Å².